The lowest BCUT2D eigenvalue weighted by Gasteiger charge is -2.24. The van der Waals surface area contributed by atoms with E-state index in [0.29, 0.717) is 12.5 Å². The van der Waals surface area contributed by atoms with E-state index in [1.54, 1.807) is 0 Å². The van der Waals surface area contributed by atoms with Crippen molar-refractivity contribution in [3.8, 4) is 28.3 Å². The van der Waals surface area contributed by atoms with Gasteiger partial charge in [0, 0.05) is 28.6 Å². The number of hydrogen-bond acceptors (Lipinski definition) is 3. The maximum Gasteiger partial charge on any atom is 0.222 e. The van der Waals surface area contributed by atoms with Crippen LogP contribution >= 0.6 is 0 Å². The number of ether oxygens (including phenoxy) is 1. The Balaban J connectivity index is 1.69. The fourth-order valence-electron chi connectivity index (χ4n) is 4.44. The zero-order valence-corrected chi connectivity index (χ0v) is 14.4. The molecule has 2 aromatic heterocycles. The first kappa shape index (κ1) is 14.0. The van der Waals surface area contributed by atoms with Crippen LogP contribution in [0.15, 0.2) is 60.8 Å². The van der Waals surface area contributed by atoms with Crippen molar-refractivity contribution in [2.45, 2.75) is 19.4 Å². The second-order valence-electron chi connectivity index (χ2n) is 7.05. The van der Waals surface area contributed by atoms with Crippen LogP contribution in [0.4, 0.5) is 0 Å². The number of benzene rings is 2. The zero-order valence-electron chi connectivity index (χ0n) is 14.4. The number of fused-ring (bicyclic) bond motifs is 8. The van der Waals surface area contributed by atoms with E-state index < -0.39 is 0 Å². The Morgan fingerprint density at radius 2 is 1.92 bits per heavy atom. The summed E-state index contributed by atoms with van der Waals surface area (Å²) in [5.41, 5.74) is 9.60. The maximum absolute atomic E-state index is 6.00. The van der Waals surface area contributed by atoms with Gasteiger partial charge in [-0.2, -0.15) is 0 Å². The Bertz CT molecular complexity index is 1210. The third kappa shape index (κ3) is 1.72. The third-order valence-corrected chi connectivity index (χ3v) is 5.65. The van der Waals surface area contributed by atoms with Gasteiger partial charge in [-0.25, -0.2) is 4.98 Å². The van der Waals surface area contributed by atoms with E-state index in [1.807, 2.05) is 24.4 Å². The maximum atomic E-state index is 6.00. The number of aromatic nitrogens is 2. The molecule has 0 bridgehead atoms. The molecule has 1 aliphatic carbocycles. The fourth-order valence-corrected chi connectivity index (χ4v) is 4.44. The topological polar surface area (TPSA) is 35.0 Å². The summed E-state index contributed by atoms with van der Waals surface area (Å²) in [6, 6.07) is 19.0. The smallest absolute Gasteiger partial charge is 0.222 e. The van der Waals surface area contributed by atoms with Crippen molar-refractivity contribution in [1.29, 1.82) is 0 Å². The van der Waals surface area contributed by atoms with Crippen LogP contribution in [0.1, 0.15) is 29.5 Å². The first-order valence-corrected chi connectivity index (χ1v) is 8.95. The molecule has 0 amide bonds. The first-order chi connectivity index (χ1) is 12.8. The summed E-state index contributed by atoms with van der Waals surface area (Å²) in [7, 11) is 0. The summed E-state index contributed by atoms with van der Waals surface area (Å²) in [5, 5.41) is 1.14. The molecule has 3 heterocycles. The molecule has 1 unspecified atom stereocenters. The molecule has 0 saturated heterocycles. The average Bonchev–Trinajstić information content (AvgIpc) is 2.99. The number of nitrogens with zero attached hydrogens (tertiary/aromatic N) is 2. The van der Waals surface area contributed by atoms with E-state index in [0.717, 1.165) is 28.0 Å². The molecule has 0 radical (unpaired) electrons. The SMILES string of the molecule is CC1c2cccnc2-c2ccc3c(c21)-c1cc2ccccc2nc1OC3. The second kappa shape index (κ2) is 4.92. The van der Waals surface area contributed by atoms with Gasteiger partial charge in [-0.3, -0.25) is 4.98 Å². The minimum atomic E-state index is 0.320. The Morgan fingerprint density at radius 1 is 1.00 bits per heavy atom. The van der Waals surface area contributed by atoms with Crippen LogP contribution in [-0.4, -0.2) is 9.97 Å². The van der Waals surface area contributed by atoms with Gasteiger partial charge in [0.15, 0.2) is 0 Å². The number of para-hydroxylation sites is 1. The highest BCUT2D eigenvalue weighted by molar-refractivity contribution is 5.92. The molecule has 1 atom stereocenters. The minimum absolute atomic E-state index is 0.320. The van der Waals surface area contributed by atoms with Crippen LogP contribution in [-0.2, 0) is 6.61 Å². The first-order valence-electron chi connectivity index (χ1n) is 8.95. The summed E-state index contributed by atoms with van der Waals surface area (Å²) in [5.74, 6) is 1.06. The van der Waals surface area contributed by atoms with E-state index in [1.165, 1.54) is 27.8 Å². The lowest BCUT2D eigenvalue weighted by molar-refractivity contribution is 0.291. The number of rotatable bonds is 0. The molecule has 0 saturated carbocycles. The van der Waals surface area contributed by atoms with Crippen molar-refractivity contribution in [2.75, 3.05) is 0 Å². The highest BCUT2D eigenvalue weighted by Gasteiger charge is 2.33. The molecular weight excluding hydrogens is 320 g/mol. The average molecular weight is 336 g/mol. The normalized spacial score (nSPS) is 16.4. The van der Waals surface area contributed by atoms with Gasteiger partial charge in [-0.15, -0.1) is 0 Å². The van der Waals surface area contributed by atoms with Gasteiger partial charge in [0.1, 0.15) is 6.61 Å². The van der Waals surface area contributed by atoms with Crippen molar-refractivity contribution < 1.29 is 4.74 Å². The molecule has 6 rings (SSSR count). The monoisotopic (exact) mass is 336 g/mol. The molecule has 0 spiro atoms. The molecule has 0 N–H and O–H groups in total. The quantitative estimate of drug-likeness (QED) is 0.436. The van der Waals surface area contributed by atoms with Crippen LogP contribution in [0.25, 0.3) is 33.3 Å². The van der Waals surface area contributed by atoms with Crippen molar-refractivity contribution in [3.05, 3.63) is 77.5 Å². The van der Waals surface area contributed by atoms with Gasteiger partial charge in [-0.05, 0) is 40.5 Å². The second-order valence-corrected chi connectivity index (χ2v) is 7.05. The van der Waals surface area contributed by atoms with E-state index in [4.69, 9.17) is 9.72 Å². The van der Waals surface area contributed by atoms with Crippen molar-refractivity contribution in [3.63, 3.8) is 0 Å². The van der Waals surface area contributed by atoms with Gasteiger partial charge in [0.05, 0.1) is 11.2 Å². The van der Waals surface area contributed by atoms with Crippen LogP contribution in [0, 0.1) is 0 Å². The van der Waals surface area contributed by atoms with Gasteiger partial charge in [0.25, 0.3) is 0 Å². The molecule has 2 aromatic carbocycles. The Morgan fingerprint density at radius 3 is 2.88 bits per heavy atom. The molecule has 3 nitrogen and oxygen atoms in total. The molecular formula is C23H16N2O. The molecule has 1 aliphatic heterocycles. The molecule has 4 aromatic rings. The van der Waals surface area contributed by atoms with E-state index in [9.17, 15) is 0 Å². The third-order valence-electron chi connectivity index (χ3n) is 5.65. The largest absolute Gasteiger partial charge is 0.472 e. The van der Waals surface area contributed by atoms with Crippen LogP contribution in [0.2, 0.25) is 0 Å². The van der Waals surface area contributed by atoms with Gasteiger partial charge >= 0.3 is 0 Å². The molecule has 124 valence electrons. The lowest BCUT2D eigenvalue weighted by atomic mass is 9.86. The standard InChI is InChI=1S/C23H16N2O/c1-13-16-6-4-10-24-22(16)17-9-8-15-12-26-23-18(21(15)20(13)17)11-14-5-2-3-7-19(14)25-23/h2-11,13H,12H2,1H3. The highest BCUT2D eigenvalue weighted by atomic mass is 16.5. The van der Waals surface area contributed by atoms with Crippen LogP contribution in [0.3, 0.4) is 0 Å². The van der Waals surface area contributed by atoms with Crippen LogP contribution in [0.5, 0.6) is 5.88 Å². The van der Waals surface area contributed by atoms with Gasteiger partial charge in [-0.1, -0.05) is 43.3 Å². The molecule has 3 heteroatoms. The molecule has 2 aliphatic rings. The summed E-state index contributed by atoms with van der Waals surface area (Å²) < 4.78 is 6.00. The predicted octanol–water partition coefficient (Wildman–Crippen LogP) is 5.32. The van der Waals surface area contributed by atoms with E-state index >= 15 is 0 Å². The predicted molar refractivity (Wildman–Crippen MR) is 102 cm³/mol. The minimum Gasteiger partial charge on any atom is -0.472 e. The lowest BCUT2D eigenvalue weighted by Crippen LogP contribution is -2.10. The van der Waals surface area contributed by atoms with E-state index in [2.05, 4.69) is 48.3 Å². The molecule has 26 heavy (non-hydrogen) atoms. The fraction of sp³-hybridized carbons (Fsp3) is 0.130. The summed E-state index contributed by atoms with van der Waals surface area (Å²) in [6.07, 6.45) is 1.88. The summed E-state index contributed by atoms with van der Waals surface area (Å²) in [6.45, 7) is 2.84. The number of hydrogen-bond donors (Lipinski definition) is 0. The van der Waals surface area contributed by atoms with Crippen molar-refractivity contribution in [1.82, 2.24) is 9.97 Å². The van der Waals surface area contributed by atoms with Gasteiger partial charge in [0.2, 0.25) is 5.88 Å². The molecule has 0 fully saturated rings. The van der Waals surface area contributed by atoms with E-state index in [-0.39, 0.29) is 0 Å². The Kier molecular flexibility index (Phi) is 2.65. The summed E-state index contributed by atoms with van der Waals surface area (Å²) in [4.78, 5) is 9.44. The Hall–Kier alpha value is -3.20. The summed E-state index contributed by atoms with van der Waals surface area (Å²) >= 11 is 0. The van der Waals surface area contributed by atoms with Crippen molar-refractivity contribution in [2.24, 2.45) is 0 Å². The van der Waals surface area contributed by atoms with Crippen molar-refractivity contribution >= 4 is 10.9 Å². The van der Waals surface area contributed by atoms with Gasteiger partial charge < -0.3 is 4.74 Å². The zero-order chi connectivity index (χ0) is 17.3. The Labute approximate surface area is 151 Å². The number of pyridine rings is 2. The highest BCUT2D eigenvalue weighted by Crippen LogP contribution is 2.51. The van der Waals surface area contributed by atoms with Crippen LogP contribution < -0.4 is 4.74 Å².